The van der Waals surface area contributed by atoms with Gasteiger partial charge in [-0.05, 0) is 43.3 Å². The minimum atomic E-state index is -0.456. The Morgan fingerprint density at radius 1 is 0.957 bits per heavy atom. The molecule has 0 aromatic heterocycles. The maximum Gasteiger partial charge on any atom is 0.269 e. The zero-order valence-corrected chi connectivity index (χ0v) is 12.4. The molecule has 0 radical (unpaired) electrons. The van der Waals surface area contributed by atoms with Crippen LogP contribution in [0.5, 0.6) is 0 Å². The van der Waals surface area contributed by atoms with E-state index in [1.165, 1.54) is 19.1 Å². The van der Waals surface area contributed by atoms with Gasteiger partial charge in [0, 0.05) is 29.2 Å². The number of carbonyl (C=O) groups excluding carboxylic acids is 2. The molecule has 0 atom stereocenters. The van der Waals surface area contributed by atoms with Gasteiger partial charge in [0.25, 0.3) is 5.69 Å². The van der Waals surface area contributed by atoms with Crippen molar-refractivity contribution in [3.05, 3.63) is 58.6 Å². The van der Waals surface area contributed by atoms with Gasteiger partial charge in [-0.1, -0.05) is 0 Å². The van der Waals surface area contributed by atoms with Gasteiger partial charge in [0.1, 0.15) is 5.78 Å². The average Bonchev–Trinajstić information content (AvgIpc) is 2.49. The van der Waals surface area contributed by atoms with Crippen LogP contribution < -0.4 is 10.6 Å². The molecule has 2 aromatic rings. The number of nitrogens with one attached hydrogen (secondary N) is 2. The van der Waals surface area contributed by atoms with Gasteiger partial charge in [-0.2, -0.15) is 0 Å². The number of amides is 1. The smallest absolute Gasteiger partial charge is 0.269 e. The highest BCUT2D eigenvalue weighted by Crippen LogP contribution is 2.21. The van der Waals surface area contributed by atoms with E-state index in [0.29, 0.717) is 11.4 Å². The second kappa shape index (κ2) is 7.17. The van der Waals surface area contributed by atoms with Crippen LogP contribution in [0.1, 0.15) is 13.3 Å². The van der Waals surface area contributed by atoms with Crippen molar-refractivity contribution in [2.45, 2.75) is 13.3 Å². The number of Topliss-reactive ketones (excluding diaryl/α,β-unsaturated/α-hetero) is 1. The number of carbonyl (C=O) groups is 2. The summed E-state index contributed by atoms with van der Waals surface area (Å²) in [6.07, 6.45) is -0.150. The molecule has 0 spiro atoms. The van der Waals surface area contributed by atoms with Crippen LogP contribution in [-0.2, 0) is 9.59 Å². The fourth-order valence-electron chi connectivity index (χ4n) is 1.90. The Bertz CT molecular complexity index is 724. The van der Waals surface area contributed by atoms with Crippen molar-refractivity contribution >= 4 is 34.4 Å². The Balaban J connectivity index is 1.98. The van der Waals surface area contributed by atoms with Gasteiger partial charge in [0.15, 0.2) is 0 Å². The summed E-state index contributed by atoms with van der Waals surface area (Å²) in [6.45, 7) is 1.36. The summed E-state index contributed by atoms with van der Waals surface area (Å²) in [5.41, 5.74) is 2.09. The van der Waals surface area contributed by atoms with Crippen molar-refractivity contribution in [2.75, 3.05) is 10.6 Å². The molecule has 0 saturated heterocycles. The Kier molecular flexibility index (Phi) is 5.03. The van der Waals surface area contributed by atoms with Crippen LogP contribution >= 0.6 is 0 Å². The topological polar surface area (TPSA) is 101 Å². The van der Waals surface area contributed by atoms with Crippen molar-refractivity contribution in [3.63, 3.8) is 0 Å². The lowest BCUT2D eigenvalue weighted by Gasteiger charge is -2.08. The third-order valence-electron chi connectivity index (χ3n) is 2.94. The Hall–Kier alpha value is -3.22. The lowest BCUT2D eigenvalue weighted by atomic mass is 10.2. The lowest BCUT2D eigenvalue weighted by molar-refractivity contribution is -0.384. The zero-order valence-electron chi connectivity index (χ0n) is 12.4. The van der Waals surface area contributed by atoms with Crippen LogP contribution in [0.3, 0.4) is 0 Å². The van der Waals surface area contributed by atoms with E-state index in [9.17, 15) is 19.7 Å². The SMILES string of the molecule is CC(=O)CC(=O)Nc1ccc(Nc2ccc([N+](=O)[O-])cc2)cc1. The highest BCUT2D eigenvalue weighted by Gasteiger charge is 2.06. The molecular formula is C16H15N3O4. The summed E-state index contributed by atoms with van der Waals surface area (Å²) in [5, 5.41) is 16.3. The number of rotatable bonds is 6. The molecule has 0 aliphatic carbocycles. The second-order valence-corrected chi connectivity index (χ2v) is 4.93. The van der Waals surface area contributed by atoms with Crippen LogP contribution in [0.2, 0.25) is 0 Å². The van der Waals surface area contributed by atoms with Gasteiger partial charge < -0.3 is 10.6 Å². The van der Waals surface area contributed by atoms with Crippen LogP contribution in [0.15, 0.2) is 48.5 Å². The van der Waals surface area contributed by atoms with Crippen molar-refractivity contribution in [2.24, 2.45) is 0 Å². The minimum absolute atomic E-state index is 0.0269. The molecule has 0 fully saturated rings. The van der Waals surface area contributed by atoms with E-state index < -0.39 is 4.92 Å². The normalized spacial score (nSPS) is 9.96. The first-order valence-electron chi connectivity index (χ1n) is 6.85. The number of non-ortho nitro benzene ring substituents is 1. The molecule has 0 aliphatic rings. The summed E-state index contributed by atoms with van der Waals surface area (Å²) in [6, 6.07) is 13.0. The molecule has 0 saturated carbocycles. The Labute approximate surface area is 132 Å². The third kappa shape index (κ3) is 4.92. The first-order chi connectivity index (χ1) is 10.9. The summed E-state index contributed by atoms with van der Waals surface area (Å²) >= 11 is 0. The van der Waals surface area contributed by atoms with Crippen molar-refractivity contribution in [1.29, 1.82) is 0 Å². The number of nitro groups is 1. The number of hydrogen-bond acceptors (Lipinski definition) is 5. The molecule has 118 valence electrons. The molecule has 2 rings (SSSR count). The van der Waals surface area contributed by atoms with E-state index in [0.717, 1.165) is 5.69 Å². The Morgan fingerprint density at radius 2 is 1.43 bits per heavy atom. The van der Waals surface area contributed by atoms with Gasteiger partial charge in [-0.3, -0.25) is 19.7 Å². The molecule has 23 heavy (non-hydrogen) atoms. The van der Waals surface area contributed by atoms with E-state index in [1.807, 2.05) is 0 Å². The van der Waals surface area contributed by atoms with Gasteiger partial charge in [0.05, 0.1) is 11.3 Å². The second-order valence-electron chi connectivity index (χ2n) is 4.93. The molecule has 0 aliphatic heterocycles. The number of benzene rings is 2. The van der Waals surface area contributed by atoms with E-state index in [2.05, 4.69) is 10.6 Å². The number of nitro benzene ring substituents is 1. The van der Waals surface area contributed by atoms with Gasteiger partial charge >= 0.3 is 0 Å². The van der Waals surface area contributed by atoms with Crippen molar-refractivity contribution in [1.82, 2.24) is 0 Å². The fourth-order valence-corrected chi connectivity index (χ4v) is 1.90. The first-order valence-corrected chi connectivity index (χ1v) is 6.85. The molecule has 1 amide bonds. The van der Waals surface area contributed by atoms with E-state index in [-0.39, 0.29) is 23.8 Å². The molecule has 2 aromatic carbocycles. The van der Waals surface area contributed by atoms with E-state index in [4.69, 9.17) is 0 Å². The highest BCUT2D eigenvalue weighted by molar-refractivity contribution is 6.03. The molecule has 0 bridgehead atoms. The highest BCUT2D eigenvalue weighted by atomic mass is 16.6. The number of nitrogens with zero attached hydrogens (tertiary/aromatic N) is 1. The number of hydrogen-bond donors (Lipinski definition) is 2. The third-order valence-corrected chi connectivity index (χ3v) is 2.94. The van der Waals surface area contributed by atoms with E-state index >= 15 is 0 Å². The predicted octanol–water partition coefficient (Wildman–Crippen LogP) is 3.26. The van der Waals surface area contributed by atoms with Crippen molar-refractivity contribution < 1.29 is 14.5 Å². The molecular weight excluding hydrogens is 298 g/mol. The van der Waals surface area contributed by atoms with Crippen LogP contribution in [-0.4, -0.2) is 16.6 Å². The molecule has 7 heteroatoms. The van der Waals surface area contributed by atoms with E-state index in [1.54, 1.807) is 36.4 Å². The summed E-state index contributed by atoms with van der Waals surface area (Å²) < 4.78 is 0. The molecule has 7 nitrogen and oxygen atoms in total. The maximum absolute atomic E-state index is 11.5. The quantitative estimate of drug-likeness (QED) is 0.484. The molecule has 0 unspecified atom stereocenters. The average molecular weight is 313 g/mol. The summed E-state index contributed by atoms with van der Waals surface area (Å²) in [7, 11) is 0. The Morgan fingerprint density at radius 3 is 1.91 bits per heavy atom. The van der Waals surface area contributed by atoms with Gasteiger partial charge in [-0.25, -0.2) is 0 Å². The van der Waals surface area contributed by atoms with Crippen LogP contribution in [0.25, 0.3) is 0 Å². The number of ketones is 1. The van der Waals surface area contributed by atoms with Crippen LogP contribution in [0.4, 0.5) is 22.7 Å². The largest absolute Gasteiger partial charge is 0.356 e. The summed E-state index contributed by atoms with van der Waals surface area (Å²) in [4.78, 5) is 32.5. The molecule has 0 heterocycles. The standard InChI is InChI=1S/C16H15N3O4/c1-11(20)10-16(21)18-14-4-2-12(3-5-14)17-13-6-8-15(9-7-13)19(22)23/h2-9,17H,10H2,1H3,(H,18,21). The minimum Gasteiger partial charge on any atom is -0.356 e. The van der Waals surface area contributed by atoms with Crippen molar-refractivity contribution in [3.8, 4) is 0 Å². The van der Waals surface area contributed by atoms with Gasteiger partial charge in [0.2, 0.25) is 5.91 Å². The monoisotopic (exact) mass is 313 g/mol. The predicted molar refractivity (Wildman–Crippen MR) is 86.7 cm³/mol. The molecule has 2 N–H and O–H groups in total. The zero-order chi connectivity index (χ0) is 16.8. The summed E-state index contributed by atoms with van der Waals surface area (Å²) in [5.74, 6) is -0.549. The number of anilines is 3. The lowest BCUT2D eigenvalue weighted by Crippen LogP contribution is -2.14. The van der Waals surface area contributed by atoms with Crippen LogP contribution in [0, 0.1) is 10.1 Å². The first kappa shape index (κ1) is 16.2. The fraction of sp³-hybridized carbons (Fsp3) is 0.125. The van der Waals surface area contributed by atoms with Gasteiger partial charge in [-0.15, -0.1) is 0 Å². The maximum atomic E-state index is 11.5.